The van der Waals surface area contributed by atoms with Crippen molar-refractivity contribution in [3.05, 3.63) is 0 Å². The molecule has 0 fully saturated rings. The van der Waals surface area contributed by atoms with Crippen molar-refractivity contribution in [2.75, 3.05) is 0 Å². The van der Waals surface area contributed by atoms with Crippen LogP contribution in [0.5, 0.6) is 0 Å². The van der Waals surface area contributed by atoms with Gasteiger partial charge in [-0.3, -0.25) is 0 Å². The molecule has 0 aliphatic heterocycles. The van der Waals surface area contributed by atoms with Crippen molar-refractivity contribution in [3.8, 4) is 0 Å². The fraction of sp³-hybridized carbons (Fsp3) is 0.875. The molecule has 0 unspecified atom stereocenters. The van der Waals surface area contributed by atoms with Gasteiger partial charge in [-0.1, -0.05) is 0 Å². The fourth-order valence-corrected chi connectivity index (χ4v) is 20.3. The van der Waals surface area contributed by atoms with Crippen molar-refractivity contribution < 1.29 is 25.7 Å². The fourth-order valence-electron chi connectivity index (χ4n) is 3.90. The molecule has 0 rings (SSSR count). The normalized spacial score (nSPS) is 11.3. The predicted molar refractivity (Wildman–Crippen MR) is 147 cm³/mol. The minimum absolute atomic E-state index is 0.0552. The average Bonchev–Trinajstić information content (AvgIpc) is 2.65. The van der Waals surface area contributed by atoms with Gasteiger partial charge in [-0.05, 0) is 0 Å². The summed E-state index contributed by atoms with van der Waals surface area (Å²) in [5.74, 6) is 5.80. The van der Waals surface area contributed by atoms with E-state index in [1.165, 1.54) is 29.6 Å². The van der Waals surface area contributed by atoms with Gasteiger partial charge in [0.2, 0.25) is 0 Å². The SMILES string of the molecule is CC(=O)[O][Ge]([CH3])([CH3])[CH3].CC[CH2][Ge]([CH2]CC)([CH2]CC)[O]C(C)=O.C[CH2][Ge]([CH2]C)([CH2]C)[O]C(C)=O. The Morgan fingerprint density at radius 1 is 0.515 bits per heavy atom. The van der Waals surface area contributed by atoms with Crippen molar-refractivity contribution in [3.63, 3.8) is 0 Å². The Bertz CT molecular complexity index is 518. The number of rotatable bonds is 12. The maximum atomic E-state index is 11.1. The van der Waals surface area contributed by atoms with E-state index in [1.807, 2.05) is 17.3 Å². The third kappa shape index (κ3) is 22.3. The Morgan fingerprint density at radius 2 is 0.788 bits per heavy atom. The van der Waals surface area contributed by atoms with Crippen LogP contribution in [-0.2, 0) is 25.7 Å². The number of hydrogen-bond acceptors (Lipinski definition) is 6. The van der Waals surface area contributed by atoms with Crippen LogP contribution in [-0.4, -0.2) is 58.7 Å². The van der Waals surface area contributed by atoms with Gasteiger partial charge in [0.25, 0.3) is 0 Å². The molecule has 0 atom stereocenters. The molecule has 0 aromatic heterocycles. The van der Waals surface area contributed by atoms with E-state index in [1.54, 1.807) is 6.92 Å². The third-order valence-electron chi connectivity index (χ3n) is 5.22. The zero-order chi connectivity index (χ0) is 26.7. The average molecular weight is 657 g/mol. The first kappa shape index (κ1) is 37.6. The van der Waals surface area contributed by atoms with Crippen LogP contribution in [0.15, 0.2) is 0 Å². The van der Waals surface area contributed by atoms with Gasteiger partial charge >= 0.3 is 215 Å². The molecule has 0 saturated heterocycles. The summed E-state index contributed by atoms with van der Waals surface area (Å²) in [6.45, 7) is 17.5. The van der Waals surface area contributed by atoms with Gasteiger partial charge < -0.3 is 0 Å². The van der Waals surface area contributed by atoms with Crippen molar-refractivity contribution in [2.24, 2.45) is 0 Å². The summed E-state index contributed by atoms with van der Waals surface area (Å²) in [5, 5.41) is 6.82. The second-order valence-electron chi connectivity index (χ2n) is 9.57. The van der Waals surface area contributed by atoms with Crippen LogP contribution in [0.4, 0.5) is 0 Å². The predicted octanol–water partition coefficient (Wildman–Crippen LogP) is 7.66. The van der Waals surface area contributed by atoms with Gasteiger partial charge in [0, 0.05) is 0 Å². The van der Waals surface area contributed by atoms with E-state index >= 15 is 0 Å². The first-order valence-electron chi connectivity index (χ1n) is 12.7. The second kappa shape index (κ2) is 20.3. The Morgan fingerprint density at radius 3 is 0.909 bits per heavy atom. The maximum absolute atomic E-state index is 11.1. The topological polar surface area (TPSA) is 78.9 Å². The van der Waals surface area contributed by atoms with Crippen LogP contribution in [0.2, 0.25) is 48.8 Å². The van der Waals surface area contributed by atoms with E-state index in [4.69, 9.17) is 11.3 Å². The first-order chi connectivity index (χ1) is 15.1. The van der Waals surface area contributed by atoms with Crippen LogP contribution < -0.4 is 0 Å². The van der Waals surface area contributed by atoms with Gasteiger partial charge in [0.05, 0.1) is 0 Å². The van der Waals surface area contributed by atoms with Gasteiger partial charge in [-0.15, -0.1) is 0 Å². The molecule has 33 heavy (non-hydrogen) atoms. The van der Waals surface area contributed by atoms with Crippen molar-refractivity contribution in [1.82, 2.24) is 0 Å². The molecule has 6 nitrogen and oxygen atoms in total. The molecule has 0 heterocycles. The van der Waals surface area contributed by atoms with Crippen LogP contribution in [0.1, 0.15) is 81.6 Å². The molecule has 0 aromatic rings. The van der Waals surface area contributed by atoms with Gasteiger partial charge in [0.15, 0.2) is 0 Å². The number of carbonyl (C=O) groups excluding carboxylic acids is 3. The summed E-state index contributed by atoms with van der Waals surface area (Å²) in [6.07, 6.45) is 3.48. The first-order valence-corrected chi connectivity index (χ1v) is 30.5. The molecular weight excluding hydrogens is 602 g/mol. The Labute approximate surface area is 213 Å². The standard InChI is InChI=1S/C11H24GeO2.C8H18GeO2.C5H12GeO2/c1-5-8-12(9-6-2,10-7-3)14-11(4)13;1-5-9(6-2,7-3)11-8(4)10;1-5(7)8-6(2,3)4/h5-10H2,1-4H3;5-7H2,1-4H3;1-4H3. The minimum atomic E-state index is -2.24. The van der Waals surface area contributed by atoms with E-state index in [0.717, 1.165) is 35.0 Å². The van der Waals surface area contributed by atoms with Crippen LogP contribution in [0.25, 0.3) is 0 Å². The molecule has 0 saturated carbocycles. The van der Waals surface area contributed by atoms with E-state index in [0.29, 0.717) is 0 Å². The Hall–Kier alpha value is 0.0386. The summed E-state index contributed by atoms with van der Waals surface area (Å²) in [5.41, 5.74) is 0. The molecule has 0 amide bonds. The molecule has 0 aliphatic carbocycles. The van der Waals surface area contributed by atoms with Crippen molar-refractivity contribution in [2.45, 2.75) is 130 Å². The summed E-state index contributed by atoms with van der Waals surface area (Å²) in [7, 11) is 0. The van der Waals surface area contributed by atoms with E-state index in [9.17, 15) is 14.4 Å². The summed E-state index contributed by atoms with van der Waals surface area (Å²) in [6, 6.07) is 0. The molecule has 0 aliphatic rings. The number of carbonyl (C=O) groups is 3. The molecule has 0 radical (unpaired) electrons. The zero-order valence-corrected chi connectivity index (χ0v) is 30.1. The molecule has 9 heteroatoms. The van der Waals surface area contributed by atoms with E-state index in [2.05, 4.69) is 41.5 Å². The van der Waals surface area contributed by atoms with Crippen molar-refractivity contribution >= 4 is 58.7 Å². The summed E-state index contributed by atoms with van der Waals surface area (Å²) < 4.78 is 16.1. The van der Waals surface area contributed by atoms with E-state index < -0.39 is 40.8 Å². The molecule has 0 spiro atoms. The van der Waals surface area contributed by atoms with Gasteiger partial charge in [-0.25, -0.2) is 0 Å². The monoisotopic (exact) mass is 660 g/mol. The third-order valence-corrected chi connectivity index (χ3v) is 27.1. The molecule has 198 valence electrons. The summed E-state index contributed by atoms with van der Waals surface area (Å²) >= 11 is -6.38. The summed E-state index contributed by atoms with van der Waals surface area (Å²) in [4.78, 5) is 32.2. The Balaban J connectivity index is -0.000000426. The number of hydrogen-bond donors (Lipinski definition) is 0. The van der Waals surface area contributed by atoms with E-state index in [-0.39, 0.29) is 17.9 Å². The quantitative estimate of drug-likeness (QED) is 0.201. The molecule has 0 aromatic carbocycles. The Kier molecular flexibility index (Phi) is 23.1. The van der Waals surface area contributed by atoms with Gasteiger partial charge in [0.1, 0.15) is 0 Å². The van der Waals surface area contributed by atoms with Crippen LogP contribution >= 0.6 is 0 Å². The van der Waals surface area contributed by atoms with Gasteiger partial charge in [-0.2, -0.15) is 0 Å². The van der Waals surface area contributed by atoms with Crippen molar-refractivity contribution in [1.29, 1.82) is 0 Å². The zero-order valence-electron chi connectivity index (χ0n) is 23.8. The van der Waals surface area contributed by atoms with Crippen LogP contribution in [0.3, 0.4) is 0 Å². The molecular formula is C24H54Ge3O6. The molecule has 0 bridgehead atoms. The molecule has 0 N–H and O–H groups in total. The van der Waals surface area contributed by atoms with Crippen LogP contribution in [0, 0.1) is 0 Å². The second-order valence-corrected chi connectivity index (χ2v) is 37.2.